The summed E-state index contributed by atoms with van der Waals surface area (Å²) >= 11 is 0. The second-order valence-electron chi connectivity index (χ2n) is 1.85. The second-order valence-corrected chi connectivity index (χ2v) is 1.85. The van der Waals surface area contributed by atoms with Gasteiger partial charge in [-0.2, -0.15) is 0 Å². The summed E-state index contributed by atoms with van der Waals surface area (Å²) in [5.41, 5.74) is 5.27. The molecule has 0 amide bonds. The van der Waals surface area contributed by atoms with E-state index in [1.54, 1.807) is 0 Å². The molecule has 0 bridgehead atoms. The molecule has 2 N–H and O–H groups in total. The zero-order valence-corrected chi connectivity index (χ0v) is 6.82. The zero-order valence-electron chi connectivity index (χ0n) is 6.82. The van der Waals surface area contributed by atoms with Crippen molar-refractivity contribution in [2.75, 3.05) is 6.54 Å². The molecule has 0 unspecified atom stereocenters. The molecule has 5 heteroatoms. The van der Waals surface area contributed by atoms with Crippen molar-refractivity contribution in [3.8, 4) is 0 Å². The van der Waals surface area contributed by atoms with Gasteiger partial charge in [0.05, 0.1) is 0 Å². The summed E-state index contributed by atoms with van der Waals surface area (Å²) in [5, 5.41) is 0. The van der Waals surface area contributed by atoms with Crippen molar-refractivity contribution < 1.29 is 14.1 Å². The number of halogens is 3. The number of hydrogen-bond donors (Lipinski definition) is 1. The normalized spacial score (nSPS) is 6.00. The Kier molecular flexibility index (Phi) is 92.1. The van der Waals surface area contributed by atoms with Gasteiger partial charge in [0, 0.05) is 0 Å². The molecule has 0 aliphatic carbocycles. The van der Waals surface area contributed by atoms with Crippen LogP contribution in [0.4, 0.5) is 0 Å². The second kappa shape index (κ2) is 32.9. The van der Waals surface area contributed by atoms with E-state index in [1.165, 1.54) is 25.7 Å². The van der Waals surface area contributed by atoms with E-state index >= 15 is 0 Å². The topological polar surface area (TPSA) is 26.0 Å². The van der Waals surface area contributed by atoms with Crippen molar-refractivity contribution in [2.45, 2.75) is 32.6 Å². The largest absolute Gasteiger partial charge is 3.00 e. The van der Waals surface area contributed by atoms with E-state index in [0.29, 0.717) is 0 Å². The van der Waals surface area contributed by atoms with E-state index in [2.05, 4.69) is 6.92 Å². The number of hydrogen-bond acceptors (Lipinski definition) is 1. The van der Waals surface area contributed by atoms with Gasteiger partial charge in [-0.15, -0.1) is 0 Å². The Bertz CT molecular complexity index is 37.0. The van der Waals surface area contributed by atoms with Crippen molar-refractivity contribution in [3.05, 3.63) is 0 Å². The van der Waals surface area contributed by atoms with Crippen molar-refractivity contribution in [2.24, 2.45) is 5.73 Å². The average molecular weight is 169 g/mol. The summed E-state index contributed by atoms with van der Waals surface area (Å²) in [6.07, 6.45) is 5.16. The van der Waals surface area contributed by atoms with Crippen molar-refractivity contribution in [1.29, 1.82) is 0 Å². The van der Waals surface area contributed by atoms with Crippen LogP contribution >= 0.6 is 0 Å². The molecule has 0 fully saturated rings. The Morgan fingerprint density at radius 3 is 1.64 bits per heavy atom. The third-order valence-corrected chi connectivity index (χ3v) is 1.06. The maximum Gasteiger partial charge on any atom is 3.00 e. The van der Waals surface area contributed by atoms with E-state index in [0.717, 1.165) is 6.54 Å². The maximum absolute atomic E-state index is 5.27. The molecule has 0 aromatic heterocycles. The van der Waals surface area contributed by atoms with Gasteiger partial charge in [0.2, 0.25) is 0 Å². The number of rotatable bonds is 4. The van der Waals surface area contributed by atoms with Gasteiger partial charge in [-0.05, 0) is 13.0 Å². The van der Waals surface area contributed by atoms with Crippen LogP contribution in [-0.4, -0.2) is 15.0 Å². The van der Waals surface area contributed by atoms with Crippen LogP contribution in [0, 0.1) is 0 Å². The molecule has 0 radical (unpaired) electrons. The Hall–Kier alpha value is -0.185. The van der Waals surface area contributed by atoms with Gasteiger partial charge in [-0.3, -0.25) is 0 Å². The predicted molar refractivity (Wildman–Crippen MR) is 39.0 cm³/mol. The van der Waals surface area contributed by atoms with E-state index in [-0.39, 0.29) is 22.5 Å². The smallest absolute Gasteiger partial charge is 1.00 e. The molecule has 68 valence electrons. The molecule has 0 aliphatic rings. The molecule has 0 aromatic carbocycles. The molecule has 0 saturated heterocycles. The first-order chi connectivity index (χ1) is 3.41. The van der Waals surface area contributed by atoms with Crippen LogP contribution < -0.4 is 19.8 Å². The molecule has 0 saturated carbocycles. The minimum absolute atomic E-state index is 0. The minimum Gasteiger partial charge on any atom is -1.00 e. The van der Waals surface area contributed by atoms with Gasteiger partial charge in [0.15, 0.2) is 0 Å². The molecule has 0 atom stereocenters. The molecule has 1 nitrogen and oxygen atoms in total. The van der Waals surface area contributed by atoms with Gasteiger partial charge in [0.1, 0.15) is 0 Å². The van der Waals surface area contributed by atoms with Crippen LogP contribution in [0.5, 0.6) is 0 Å². The average Bonchev–Trinajstić information content (AvgIpc) is 1.69. The fourth-order valence-corrected chi connectivity index (χ4v) is 0.571. The molecule has 0 aromatic rings. The monoisotopic (exact) mass is 169 g/mol. The maximum atomic E-state index is 5.27. The first kappa shape index (κ1) is 30.8. The van der Waals surface area contributed by atoms with Gasteiger partial charge >= 0.3 is 8.41 Å². The Morgan fingerprint density at radius 1 is 0.909 bits per heavy atom. The summed E-state index contributed by atoms with van der Waals surface area (Å²) in [6.45, 7) is 3.07. The predicted octanol–water partition coefficient (Wildman–Crippen LogP) is -7.84. The van der Waals surface area contributed by atoms with Gasteiger partial charge in [0.25, 0.3) is 0 Å². The van der Waals surface area contributed by atoms with E-state index in [1.807, 2.05) is 0 Å². The molecule has 0 aliphatic heterocycles. The molecule has 0 spiro atoms. The van der Waals surface area contributed by atoms with Crippen LogP contribution in [0.2, 0.25) is 0 Å². The third-order valence-electron chi connectivity index (χ3n) is 1.06. The molecular formula is C6H15BF3N. The molecule has 0 rings (SSSR count). The fraction of sp³-hybridized carbons (Fsp3) is 1.00. The summed E-state index contributed by atoms with van der Waals surface area (Å²) < 4.78 is 0. The van der Waals surface area contributed by atoms with Crippen LogP contribution in [0.15, 0.2) is 0 Å². The van der Waals surface area contributed by atoms with E-state index in [9.17, 15) is 0 Å². The Morgan fingerprint density at radius 2 is 1.36 bits per heavy atom. The molecule has 0 heterocycles. The SMILES string of the molecule is CCCCCCN.[B+3].[F-].[F-].[F-]. The first-order valence-corrected chi connectivity index (χ1v) is 3.12. The van der Waals surface area contributed by atoms with Gasteiger partial charge in [-0.1, -0.05) is 26.2 Å². The van der Waals surface area contributed by atoms with Gasteiger partial charge < -0.3 is 19.8 Å². The summed E-state index contributed by atoms with van der Waals surface area (Å²) in [7, 11) is 0. The van der Waals surface area contributed by atoms with Crippen LogP contribution in [-0.2, 0) is 0 Å². The van der Waals surface area contributed by atoms with Crippen LogP contribution in [0.3, 0.4) is 0 Å². The zero-order chi connectivity index (χ0) is 5.54. The summed E-state index contributed by atoms with van der Waals surface area (Å²) in [6, 6.07) is 0. The van der Waals surface area contributed by atoms with Crippen LogP contribution in [0.1, 0.15) is 32.6 Å². The number of unbranched alkanes of at least 4 members (excludes halogenated alkanes) is 3. The molecular weight excluding hydrogens is 154 g/mol. The summed E-state index contributed by atoms with van der Waals surface area (Å²) in [5.74, 6) is 0. The van der Waals surface area contributed by atoms with Crippen molar-refractivity contribution in [3.63, 3.8) is 0 Å². The van der Waals surface area contributed by atoms with Crippen LogP contribution in [0.25, 0.3) is 0 Å². The minimum atomic E-state index is 0. The van der Waals surface area contributed by atoms with Crippen molar-refractivity contribution >= 4 is 8.41 Å². The Labute approximate surface area is 68.4 Å². The third kappa shape index (κ3) is 41.2. The fourth-order valence-electron chi connectivity index (χ4n) is 0.571. The quantitative estimate of drug-likeness (QED) is 0.328. The summed E-state index contributed by atoms with van der Waals surface area (Å²) in [4.78, 5) is 0. The Balaban J connectivity index is -0.0000000300. The standard InChI is InChI=1S/C6H15N.B.3FH/c1-2-3-4-5-6-7;;;;/h2-7H2,1H3;;3*1H/q;+3;;;/p-3. The van der Waals surface area contributed by atoms with Crippen molar-refractivity contribution in [1.82, 2.24) is 0 Å². The number of nitrogens with two attached hydrogens (primary N) is 1. The molecule has 11 heavy (non-hydrogen) atoms. The first-order valence-electron chi connectivity index (χ1n) is 3.12. The van der Waals surface area contributed by atoms with Gasteiger partial charge in [-0.25, -0.2) is 0 Å². The van der Waals surface area contributed by atoms with E-state index < -0.39 is 0 Å². The van der Waals surface area contributed by atoms with E-state index in [4.69, 9.17) is 5.73 Å².